The van der Waals surface area contributed by atoms with E-state index in [1.54, 1.807) is 0 Å². The lowest BCUT2D eigenvalue weighted by molar-refractivity contribution is 0.164. The lowest BCUT2D eigenvalue weighted by atomic mass is 9.85. The smallest absolute Gasteiger partial charge is 0.0271 e. The maximum absolute atomic E-state index is 4.09. The minimum Gasteiger partial charge on any atom is -0.314 e. The molecule has 1 fully saturated rings. The van der Waals surface area contributed by atoms with Gasteiger partial charge in [0.1, 0.15) is 0 Å². The highest BCUT2D eigenvalue weighted by molar-refractivity contribution is 5.09. The van der Waals surface area contributed by atoms with E-state index in [4.69, 9.17) is 0 Å². The highest BCUT2D eigenvalue weighted by Crippen LogP contribution is 2.38. The Balaban J connectivity index is 1.90. The fraction of sp³-hybridized carbons (Fsp3) is 0.706. The van der Waals surface area contributed by atoms with Crippen molar-refractivity contribution in [3.05, 3.63) is 30.1 Å². The van der Waals surface area contributed by atoms with Gasteiger partial charge >= 0.3 is 0 Å². The monoisotopic (exact) mass is 275 g/mol. The molecule has 1 aliphatic carbocycles. The first-order chi connectivity index (χ1) is 9.60. The Hall–Kier alpha value is -0.930. The molecule has 1 saturated carbocycles. The fourth-order valence-electron chi connectivity index (χ4n) is 3.36. The van der Waals surface area contributed by atoms with Crippen LogP contribution in [0.25, 0.3) is 0 Å². The standard InChI is InChI=1S/C17H29N3/c1-15(2)19-13-17(8-4-5-9-17)14-20(3)12-16-6-10-18-11-7-16/h6-7,10-11,15,19H,4-5,8-9,12-14H2,1-3H3. The van der Waals surface area contributed by atoms with E-state index in [9.17, 15) is 0 Å². The Kier molecular flexibility index (Phi) is 5.55. The molecular formula is C17H29N3. The zero-order valence-corrected chi connectivity index (χ0v) is 13.2. The predicted octanol–water partition coefficient (Wildman–Crippen LogP) is 3.07. The number of aromatic nitrogens is 1. The van der Waals surface area contributed by atoms with Crippen LogP contribution in [0.2, 0.25) is 0 Å². The average molecular weight is 275 g/mol. The van der Waals surface area contributed by atoms with E-state index in [2.05, 4.69) is 48.2 Å². The summed E-state index contributed by atoms with van der Waals surface area (Å²) in [5, 5.41) is 3.66. The zero-order valence-electron chi connectivity index (χ0n) is 13.2. The number of hydrogen-bond acceptors (Lipinski definition) is 3. The van der Waals surface area contributed by atoms with Gasteiger partial charge in [-0.25, -0.2) is 0 Å². The summed E-state index contributed by atoms with van der Waals surface area (Å²) in [6.45, 7) is 7.85. The van der Waals surface area contributed by atoms with E-state index in [-0.39, 0.29) is 0 Å². The lowest BCUT2D eigenvalue weighted by Gasteiger charge is -2.34. The molecule has 0 aromatic carbocycles. The molecule has 112 valence electrons. The van der Waals surface area contributed by atoms with Crippen molar-refractivity contribution in [2.45, 2.75) is 52.1 Å². The lowest BCUT2D eigenvalue weighted by Crippen LogP contribution is -2.43. The Bertz CT molecular complexity index is 382. The molecule has 1 aromatic rings. The molecule has 3 nitrogen and oxygen atoms in total. The average Bonchev–Trinajstić information content (AvgIpc) is 2.86. The van der Waals surface area contributed by atoms with Gasteiger partial charge in [-0.05, 0) is 43.0 Å². The quantitative estimate of drug-likeness (QED) is 0.829. The molecule has 0 unspecified atom stereocenters. The number of nitrogens with zero attached hydrogens (tertiary/aromatic N) is 2. The normalized spacial score (nSPS) is 18.1. The van der Waals surface area contributed by atoms with Crippen LogP contribution in [0.15, 0.2) is 24.5 Å². The van der Waals surface area contributed by atoms with Gasteiger partial charge in [-0.2, -0.15) is 0 Å². The van der Waals surface area contributed by atoms with Crippen LogP contribution in [0, 0.1) is 5.41 Å². The number of pyridine rings is 1. The number of nitrogens with one attached hydrogen (secondary N) is 1. The molecule has 1 heterocycles. The maximum atomic E-state index is 4.09. The third-order valence-electron chi connectivity index (χ3n) is 4.36. The van der Waals surface area contributed by atoms with Crippen LogP contribution in [-0.2, 0) is 6.54 Å². The molecule has 0 atom stereocenters. The summed E-state index contributed by atoms with van der Waals surface area (Å²) in [7, 11) is 2.25. The molecule has 0 bridgehead atoms. The third-order valence-corrected chi connectivity index (χ3v) is 4.36. The van der Waals surface area contributed by atoms with Gasteiger partial charge in [-0.1, -0.05) is 26.7 Å². The fourth-order valence-corrected chi connectivity index (χ4v) is 3.36. The van der Waals surface area contributed by atoms with Crippen LogP contribution in [0.3, 0.4) is 0 Å². The van der Waals surface area contributed by atoms with Crippen LogP contribution in [0.4, 0.5) is 0 Å². The van der Waals surface area contributed by atoms with Gasteiger partial charge < -0.3 is 10.2 Å². The molecule has 0 saturated heterocycles. The third kappa shape index (κ3) is 4.57. The summed E-state index contributed by atoms with van der Waals surface area (Å²) in [4.78, 5) is 6.56. The molecule has 0 radical (unpaired) electrons. The minimum atomic E-state index is 0.478. The van der Waals surface area contributed by atoms with Gasteiger partial charge in [0.2, 0.25) is 0 Å². The van der Waals surface area contributed by atoms with E-state index in [0.29, 0.717) is 11.5 Å². The largest absolute Gasteiger partial charge is 0.314 e. The first-order valence-corrected chi connectivity index (χ1v) is 7.90. The Morgan fingerprint density at radius 3 is 2.50 bits per heavy atom. The summed E-state index contributed by atoms with van der Waals surface area (Å²) in [5.41, 5.74) is 1.83. The van der Waals surface area contributed by atoms with Crippen LogP contribution in [0.1, 0.15) is 45.1 Å². The van der Waals surface area contributed by atoms with Crippen molar-refractivity contribution < 1.29 is 0 Å². The van der Waals surface area contributed by atoms with Crippen LogP contribution < -0.4 is 5.32 Å². The maximum Gasteiger partial charge on any atom is 0.0271 e. The van der Waals surface area contributed by atoms with Gasteiger partial charge in [0, 0.05) is 38.1 Å². The highest BCUT2D eigenvalue weighted by atomic mass is 15.1. The topological polar surface area (TPSA) is 28.2 Å². The molecule has 1 aliphatic rings. The number of rotatable bonds is 7. The van der Waals surface area contributed by atoms with Crippen molar-refractivity contribution in [1.29, 1.82) is 0 Å². The molecule has 1 N–H and O–H groups in total. The first-order valence-electron chi connectivity index (χ1n) is 7.90. The number of hydrogen-bond donors (Lipinski definition) is 1. The Morgan fingerprint density at radius 2 is 1.90 bits per heavy atom. The van der Waals surface area contributed by atoms with E-state index >= 15 is 0 Å². The van der Waals surface area contributed by atoms with Crippen molar-refractivity contribution in [3.8, 4) is 0 Å². The summed E-state index contributed by atoms with van der Waals surface area (Å²) < 4.78 is 0. The molecule has 3 heteroatoms. The summed E-state index contributed by atoms with van der Waals surface area (Å²) in [6, 6.07) is 4.81. The van der Waals surface area contributed by atoms with Crippen LogP contribution in [-0.4, -0.2) is 36.1 Å². The minimum absolute atomic E-state index is 0.478. The van der Waals surface area contributed by atoms with Crippen LogP contribution in [0.5, 0.6) is 0 Å². The summed E-state index contributed by atoms with van der Waals surface area (Å²) in [6.07, 6.45) is 9.29. The molecular weight excluding hydrogens is 246 g/mol. The van der Waals surface area contributed by atoms with Gasteiger partial charge in [0.25, 0.3) is 0 Å². The van der Waals surface area contributed by atoms with Gasteiger partial charge in [-0.3, -0.25) is 4.98 Å². The SMILES string of the molecule is CC(C)NCC1(CN(C)Cc2ccncc2)CCCC1. The predicted molar refractivity (Wildman–Crippen MR) is 84.6 cm³/mol. The molecule has 0 spiro atoms. The van der Waals surface area contributed by atoms with Crippen molar-refractivity contribution in [1.82, 2.24) is 15.2 Å². The van der Waals surface area contributed by atoms with E-state index in [1.807, 2.05) is 12.4 Å². The molecule has 0 aliphatic heterocycles. The van der Waals surface area contributed by atoms with Crippen molar-refractivity contribution in [2.75, 3.05) is 20.1 Å². The molecule has 0 amide bonds. The van der Waals surface area contributed by atoms with E-state index in [0.717, 1.165) is 13.1 Å². The van der Waals surface area contributed by atoms with E-state index in [1.165, 1.54) is 37.8 Å². The Labute approximate surface area is 123 Å². The summed E-state index contributed by atoms with van der Waals surface area (Å²) >= 11 is 0. The van der Waals surface area contributed by atoms with Crippen molar-refractivity contribution >= 4 is 0 Å². The first kappa shape index (κ1) is 15.5. The zero-order chi connectivity index (χ0) is 14.4. The Morgan fingerprint density at radius 1 is 1.25 bits per heavy atom. The molecule has 2 rings (SSSR count). The van der Waals surface area contributed by atoms with Gasteiger partial charge in [-0.15, -0.1) is 0 Å². The summed E-state index contributed by atoms with van der Waals surface area (Å²) in [5.74, 6) is 0. The molecule has 1 aromatic heterocycles. The van der Waals surface area contributed by atoms with Crippen LogP contribution >= 0.6 is 0 Å². The highest BCUT2D eigenvalue weighted by Gasteiger charge is 2.34. The second kappa shape index (κ2) is 7.19. The second-order valence-corrected chi connectivity index (χ2v) is 6.77. The second-order valence-electron chi connectivity index (χ2n) is 6.77. The van der Waals surface area contributed by atoms with E-state index < -0.39 is 0 Å². The van der Waals surface area contributed by atoms with Crippen molar-refractivity contribution in [2.24, 2.45) is 5.41 Å². The van der Waals surface area contributed by atoms with Gasteiger partial charge in [0.15, 0.2) is 0 Å². The molecule has 20 heavy (non-hydrogen) atoms. The van der Waals surface area contributed by atoms with Crippen molar-refractivity contribution in [3.63, 3.8) is 0 Å². The van der Waals surface area contributed by atoms with Gasteiger partial charge in [0.05, 0.1) is 0 Å².